The topological polar surface area (TPSA) is 70.1 Å². The van der Waals surface area contributed by atoms with E-state index in [2.05, 4.69) is 4.90 Å². The first-order valence-corrected chi connectivity index (χ1v) is 11.0. The smallest absolute Gasteiger partial charge is 0.261 e. The Morgan fingerprint density at radius 1 is 1.00 bits per heavy atom. The molecule has 1 saturated heterocycles. The number of likely N-dealkylation sites (tertiary alicyclic amines) is 1. The van der Waals surface area contributed by atoms with Gasteiger partial charge in [0.15, 0.2) is 0 Å². The largest absolute Gasteiger partial charge is 0.490 e. The lowest BCUT2D eigenvalue weighted by atomic mass is 10.0. The Bertz CT molecular complexity index is 968. The average molecular weight is 463 g/mol. The van der Waals surface area contributed by atoms with E-state index in [9.17, 15) is 14.7 Å². The van der Waals surface area contributed by atoms with Gasteiger partial charge < -0.3 is 14.7 Å². The number of hydrogen-bond donors (Lipinski definition) is 1. The number of hydrogen-bond acceptors (Lipinski definition) is 5. The summed E-state index contributed by atoms with van der Waals surface area (Å²) in [4.78, 5) is 28.4. The molecule has 2 aromatic carbocycles. The Kier molecular flexibility index (Phi) is 6.26. The summed E-state index contributed by atoms with van der Waals surface area (Å²) in [6.45, 7) is 3.46. The number of benzene rings is 2. The Hall–Kier alpha value is -2.12. The van der Waals surface area contributed by atoms with Crippen LogP contribution in [-0.4, -0.2) is 64.6 Å². The molecule has 2 heterocycles. The van der Waals surface area contributed by atoms with Gasteiger partial charge in [-0.1, -0.05) is 35.3 Å². The van der Waals surface area contributed by atoms with Crippen molar-refractivity contribution in [3.63, 3.8) is 0 Å². The molecule has 0 aliphatic carbocycles. The number of halogens is 2. The molecule has 2 aliphatic heterocycles. The van der Waals surface area contributed by atoms with Gasteiger partial charge in [-0.3, -0.25) is 14.5 Å². The van der Waals surface area contributed by atoms with E-state index in [1.165, 1.54) is 0 Å². The molecule has 1 fully saturated rings. The van der Waals surface area contributed by atoms with Gasteiger partial charge in [-0.2, -0.15) is 0 Å². The maximum absolute atomic E-state index is 12.6. The molecule has 0 radical (unpaired) electrons. The van der Waals surface area contributed by atoms with Gasteiger partial charge in [-0.15, -0.1) is 0 Å². The number of β-amino-alcohol motifs (C(OH)–C–C–N with tert-alkyl or cyclic N) is 1. The highest BCUT2D eigenvalue weighted by atomic mass is 35.5. The fraction of sp³-hybridized carbons (Fsp3) is 0.391. The maximum Gasteiger partial charge on any atom is 0.261 e. The fourth-order valence-electron chi connectivity index (χ4n) is 4.18. The van der Waals surface area contributed by atoms with Crippen molar-refractivity contribution < 1.29 is 19.4 Å². The lowest BCUT2D eigenvalue weighted by Crippen LogP contribution is -2.52. The van der Waals surface area contributed by atoms with E-state index >= 15 is 0 Å². The molecule has 6 nitrogen and oxygen atoms in total. The third kappa shape index (κ3) is 4.88. The van der Waals surface area contributed by atoms with E-state index in [0.29, 0.717) is 33.5 Å². The molecule has 2 amide bonds. The number of nitrogens with zero attached hydrogens (tertiary/aromatic N) is 2. The molecule has 0 bridgehead atoms. The first kappa shape index (κ1) is 22.1. The third-order valence-corrected chi connectivity index (χ3v) is 6.41. The van der Waals surface area contributed by atoms with E-state index < -0.39 is 5.60 Å². The van der Waals surface area contributed by atoms with Crippen molar-refractivity contribution in [1.29, 1.82) is 0 Å². The van der Waals surface area contributed by atoms with E-state index in [0.717, 1.165) is 30.8 Å². The Labute approximate surface area is 191 Å². The van der Waals surface area contributed by atoms with Gasteiger partial charge in [0.25, 0.3) is 11.8 Å². The second-order valence-electron chi connectivity index (χ2n) is 8.41. The summed E-state index contributed by atoms with van der Waals surface area (Å²) < 4.78 is 6.01. The van der Waals surface area contributed by atoms with Crippen LogP contribution in [0.25, 0.3) is 0 Å². The minimum absolute atomic E-state index is 0.0426. The van der Waals surface area contributed by atoms with Crippen molar-refractivity contribution in [2.75, 3.05) is 26.2 Å². The molecule has 4 rings (SSSR count). The van der Waals surface area contributed by atoms with Gasteiger partial charge in [0.1, 0.15) is 11.9 Å². The molecule has 0 aromatic heterocycles. The molecule has 2 aromatic rings. The molecule has 31 heavy (non-hydrogen) atoms. The molecule has 1 N–H and O–H groups in total. The first-order valence-electron chi connectivity index (χ1n) is 10.3. The van der Waals surface area contributed by atoms with Crippen LogP contribution in [0.1, 0.15) is 40.5 Å². The number of aliphatic hydroxyl groups is 1. The molecular formula is C23H24Cl2N2O4. The highest BCUT2D eigenvalue weighted by molar-refractivity contribution is 6.42. The van der Waals surface area contributed by atoms with Crippen molar-refractivity contribution in [2.45, 2.75) is 31.5 Å². The second kappa shape index (κ2) is 8.79. The summed E-state index contributed by atoms with van der Waals surface area (Å²) in [6.07, 6.45) is 1.64. The number of carbonyl (C=O) groups is 2. The average Bonchev–Trinajstić information content (AvgIpc) is 2.97. The van der Waals surface area contributed by atoms with Crippen molar-refractivity contribution in [2.24, 2.45) is 0 Å². The molecule has 0 saturated carbocycles. The number of carbonyl (C=O) groups excluding carboxylic acids is 2. The van der Waals surface area contributed by atoms with E-state index in [4.69, 9.17) is 27.9 Å². The van der Waals surface area contributed by atoms with E-state index in [1.54, 1.807) is 49.4 Å². The van der Waals surface area contributed by atoms with Gasteiger partial charge in [0, 0.05) is 25.7 Å². The highest BCUT2D eigenvalue weighted by Gasteiger charge is 2.40. The van der Waals surface area contributed by atoms with Crippen molar-refractivity contribution in [1.82, 2.24) is 9.80 Å². The molecule has 0 spiro atoms. The predicted octanol–water partition coefficient (Wildman–Crippen LogP) is 3.88. The summed E-state index contributed by atoms with van der Waals surface area (Å²) in [6, 6.07) is 12.0. The van der Waals surface area contributed by atoms with Crippen molar-refractivity contribution >= 4 is 35.0 Å². The number of rotatable bonds is 6. The van der Waals surface area contributed by atoms with Crippen LogP contribution in [0.5, 0.6) is 5.75 Å². The maximum atomic E-state index is 12.6. The second-order valence-corrected chi connectivity index (χ2v) is 9.22. The number of fused-ring (bicyclic) bond motifs is 1. The summed E-state index contributed by atoms with van der Waals surface area (Å²) >= 11 is 12.0. The summed E-state index contributed by atoms with van der Waals surface area (Å²) in [7, 11) is 0. The third-order valence-electron chi connectivity index (χ3n) is 5.67. The molecule has 8 heteroatoms. The van der Waals surface area contributed by atoms with Crippen LogP contribution in [0.4, 0.5) is 0 Å². The van der Waals surface area contributed by atoms with Gasteiger partial charge >= 0.3 is 0 Å². The van der Waals surface area contributed by atoms with Gasteiger partial charge in [0.2, 0.25) is 0 Å². The monoisotopic (exact) mass is 462 g/mol. The molecular weight excluding hydrogens is 439 g/mol. The number of imide groups is 1. The van der Waals surface area contributed by atoms with Gasteiger partial charge in [0.05, 0.1) is 33.3 Å². The van der Waals surface area contributed by atoms with Crippen LogP contribution >= 0.6 is 23.2 Å². The quantitative estimate of drug-likeness (QED) is 0.659. The molecule has 164 valence electrons. The minimum Gasteiger partial charge on any atom is -0.490 e. The van der Waals surface area contributed by atoms with Crippen molar-refractivity contribution in [3.8, 4) is 5.75 Å². The zero-order valence-electron chi connectivity index (χ0n) is 17.2. The van der Waals surface area contributed by atoms with Crippen LogP contribution < -0.4 is 4.74 Å². The summed E-state index contributed by atoms with van der Waals surface area (Å²) in [5.41, 5.74) is -0.433. The Balaban J connectivity index is 1.30. The molecule has 0 unspecified atom stereocenters. The van der Waals surface area contributed by atoms with Gasteiger partial charge in [-0.25, -0.2) is 0 Å². The van der Waals surface area contributed by atoms with Crippen LogP contribution in [0, 0.1) is 0 Å². The van der Waals surface area contributed by atoms with E-state index in [1.807, 2.05) is 0 Å². The lowest BCUT2D eigenvalue weighted by Gasteiger charge is -2.37. The minimum atomic E-state index is -1.22. The van der Waals surface area contributed by atoms with Crippen LogP contribution in [0.15, 0.2) is 42.5 Å². The molecule has 1 atom stereocenters. The summed E-state index contributed by atoms with van der Waals surface area (Å²) in [5, 5.41) is 11.9. The normalized spacial score (nSPS) is 19.4. The lowest BCUT2D eigenvalue weighted by molar-refractivity contribution is -0.0154. The van der Waals surface area contributed by atoms with Crippen LogP contribution in [0.2, 0.25) is 10.0 Å². The standard InChI is InChI=1S/C23H24Cl2N2O4/c1-23(30,14-27-21(28)17-4-2-3-5-18(17)22(27)29)13-26-10-8-15(9-11-26)31-16-6-7-19(24)20(25)12-16/h2-7,12,15,30H,8-11,13-14H2,1H3/t23-/m1/s1. The zero-order valence-corrected chi connectivity index (χ0v) is 18.7. The zero-order chi connectivity index (χ0) is 22.2. The van der Waals surface area contributed by atoms with Crippen LogP contribution in [0.3, 0.4) is 0 Å². The first-order chi connectivity index (χ1) is 14.7. The Morgan fingerprint density at radius 2 is 1.61 bits per heavy atom. The SMILES string of the molecule is C[C@@](O)(CN1CCC(Oc2ccc(Cl)c(Cl)c2)CC1)CN1C(=O)c2ccccc2C1=O. The Morgan fingerprint density at radius 3 is 2.19 bits per heavy atom. The summed E-state index contributed by atoms with van der Waals surface area (Å²) in [5.74, 6) is -0.0188. The number of ether oxygens (including phenoxy) is 1. The number of piperidine rings is 1. The van der Waals surface area contributed by atoms with Crippen molar-refractivity contribution in [3.05, 3.63) is 63.6 Å². The molecule has 2 aliphatic rings. The van der Waals surface area contributed by atoms with E-state index in [-0.39, 0.29) is 24.5 Å². The predicted molar refractivity (Wildman–Crippen MR) is 119 cm³/mol. The highest BCUT2D eigenvalue weighted by Crippen LogP contribution is 2.29. The van der Waals surface area contributed by atoms with Crippen LogP contribution in [-0.2, 0) is 0 Å². The fourth-order valence-corrected chi connectivity index (χ4v) is 4.47. The van der Waals surface area contributed by atoms with Gasteiger partial charge in [-0.05, 0) is 44.0 Å². The number of amides is 2.